The Balaban J connectivity index is 3.08. The molecule has 18 heavy (non-hydrogen) atoms. The van der Waals surface area contributed by atoms with Gasteiger partial charge in [0, 0.05) is 24.9 Å². The third-order valence-electron chi connectivity index (χ3n) is 2.43. The fraction of sp³-hybridized carbons (Fsp3) is 0.364. The van der Waals surface area contributed by atoms with E-state index in [1.807, 2.05) is 6.26 Å². The van der Waals surface area contributed by atoms with Crippen LogP contribution in [-0.4, -0.2) is 36.6 Å². The van der Waals surface area contributed by atoms with Crippen molar-refractivity contribution in [2.75, 3.05) is 30.5 Å². The number of anilines is 1. The van der Waals surface area contributed by atoms with Crippen molar-refractivity contribution in [3.05, 3.63) is 29.3 Å². The highest BCUT2D eigenvalue weighted by atomic mass is 32.2. The maximum Gasteiger partial charge on any atom is 0.170 e. The minimum atomic E-state index is -0.736. The normalized spacial score (nSPS) is 11.7. The molecule has 0 radical (unpaired) electrons. The van der Waals surface area contributed by atoms with Gasteiger partial charge in [0.15, 0.2) is 5.84 Å². The lowest BCUT2D eigenvalue weighted by molar-refractivity contribution is 0.318. The molecule has 0 aliphatic rings. The van der Waals surface area contributed by atoms with Gasteiger partial charge in [-0.25, -0.2) is 8.78 Å². The van der Waals surface area contributed by atoms with Crippen molar-refractivity contribution in [2.45, 2.75) is 0 Å². The van der Waals surface area contributed by atoms with Crippen LogP contribution in [0.1, 0.15) is 5.56 Å². The third-order valence-corrected chi connectivity index (χ3v) is 3.02. The molecule has 4 nitrogen and oxygen atoms in total. The van der Waals surface area contributed by atoms with Crippen molar-refractivity contribution < 1.29 is 14.0 Å². The fourth-order valence-corrected chi connectivity index (χ4v) is 1.93. The first-order chi connectivity index (χ1) is 8.51. The molecule has 0 saturated heterocycles. The van der Waals surface area contributed by atoms with Crippen molar-refractivity contribution in [1.82, 2.24) is 0 Å². The van der Waals surface area contributed by atoms with E-state index in [-0.39, 0.29) is 17.1 Å². The van der Waals surface area contributed by atoms with Crippen LogP contribution in [0.2, 0.25) is 0 Å². The molecule has 0 atom stereocenters. The van der Waals surface area contributed by atoms with E-state index < -0.39 is 11.6 Å². The number of nitrogens with two attached hydrogens (primary N) is 1. The molecule has 0 unspecified atom stereocenters. The van der Waals surface area contributed by atoms with Crippen LogP contribution in [0.3, 0.4) is 0 Å². The van der Waals surface area contributed by atoms with Crippen LogP contribution in [0.4, 0.5) is 14.5 Å². The lowest BCUT2D eigenvalue weighted by Crippen LogP contribution is -2.23. The van der Waals surface area contributed by atoms with Gasteiger partial charge >= 0.3 is 0 Å². The van der Waals surface area contributed by atoms with Crippen LogP contribution in [0.5, 0.6) is 0 Å². The van der Waals surface area contributed by atoms with Crippen LogP contribution in [0.25, 0.3) is 0 Å². The first kappa shape index (κ1) is 14.6. The minimum Gasteiger partial charge on any atom is -0.409 e. The molecule has 0 saturated carbocycles. The highest BCUT2D eigenvalue weighted by Crippen LogP contribution is 2.24. The van der Waals surface area contributed by atoms with Gasteiger partial charge in [-0.3, -0.25) is 0 Å². The molecule has 1 rings (SSSR count). The van der Waals surface area contributed by atoms with Crippen LogP contribution in [0, 0.1) is 11.6 Å². The Morgan fingerprint density at radius 3 is 2.44 bits per heavy atom. The van der Waals surface area contributed by atoms with Crippen LogP contribution in [0.15, 0.2) is 17.3 Å². The molecule has 0 bridgehead atoms. The Bertz CT molecular complexity index is 431. The van der Waals surface area contributed by atoms with Crippen LogP contribution in [-0.2, 0) is 0 Å². The van der Waals surface area contributed by atoms with Gasteiger partial charge in [-0.1, -0.05) is 5.16 Å². The summed E-state index contributed by atoms with van der Waals surface area (Å²) in [7, 11) is 1.61. The molecule has 0 amide bonds. The van der Waals surface area contributed by atoms with Crippen LogP contribution >= 0.6 is 11.8 Å². The maximum absolute atomic E-state index is 13.8. The summed E-state index contributed by atoms with van der Waals surface area (Å²) in [6, 6.07) is 2.09. The molecular weight excluding hydrogens is 260 g/mol. The first-order valence-corrected chi connectivity index (χ1v) is 6.57. The zero-order valence-corrected chi connectivity index (χ0v) is 11.0. The SMILES string of the molecule is CSCCN(C)c1c(F)cc(C(N)=NO)cc1F. The van der Waals surface area contributed by atoms with Crippen molar-refractivity contribution in [3.8, 4) is 0 Å². The van der Waals surface area contributed by atoms with Crippen molar-refractivity contribution >= 4 is 23.3 Å². The highest BCUT2D eigenvalue weighted by Gasteiger charge is 2.16. The number of hydrogen-bond donors (Lipinski definition) is 2. The average Bonchev–Trinajstić information content (AvgIpc) is 2.34. The number of thioether (sulfide) groups is 1. The Hall–Kier alpha value is -1.50. The number of nitrogens with zero attached hydrogens (tertiary/aromatic N) is 2. The van der Waals surface area contributed by atoms with Crippen molar-refractivity contribution in [3.63, 3.8) is 0 Å². The summed E-state index contributed by atoms with van der Waals surface area (Å²) in [4.78, 5) is 1.50. The summed E-state index contributed by atoms with van der Waals surface area (Å²) >= 11 is 1.59. The number of halogens is 2. The van der Waals surface area contributed by atoms with Gasteiger partial charge in [-0.2, -0.15) is 11.8 Å². The Kier molecular flexibility index (Phi) is 5.21. The molecular formula is C11H15F2N3OS. The van der Waals surface area contributed by atoms with E-state index in [4.69, 9.17) is 10.9 Å². The molecule has 1 aromatic carbocycles. The molecule has 0 aromatic heterocycles. The predicted molar refractivity (Wildman–Crippen MR) is 70.5 cm³/mol. The third kappa shape index (κ3) is 3.25. The second-order valence-corrected chi connectivity index (χ2v) is 4.67. The van der Waals surface area contributed by atoms with Crippen LogP contribution < -0.4 is 10.6 Å². The Labute approximate surface area is 108 Å². The molecule has 7 heteroatoms. The summed E-state index contributed by atoms with van der Waals surface area (Å²) < 4.78 is 27.6. The van der Waals surface area contributed by atoms with E-state index in [2.05, 4.69) is 5.16 Å². The van der Waals surface area contributed by atoms with E-state index in [1.54, 1.807) is 18.8 Å². The van der Waals surface area contributed by atoms with Crippen molar-refractivity contribution in [1.29, 1.82) is 0 Å². The number of rotatable bonds is 5. The Morgan fingerprint density at radius 2 is 2.00 bits per heavy atom. The van der Waals surface area contributed by atoms with E-state index in [0.717, 1.165) is 17.9 Å². The molecule has 100 valence electrons. The number of hydrogen-bond acceptors (Lipinski definition) is 4. The van der Waals surface area contributed by atoms with Gasteiger partial charge in [-0.05, 0) is 18.4 Å². The minimum absolute atomic E-state index is 0.00881. The van der Waals surface area contributed by atoms with Gasteiger partial charge < -0.3 is 15.8 Å². The quantitative estimate of drug-likeness (QED) is 0.373. The van der Waals surface area contributed by atoms with Gasteiger partial charge in [0.2, 0.25) is 0 Å². The summed E-state index contributed by atoms with van der Waals surface area (Å²) in [6.07, 6.45) is 1.92. The van der Waals surface area contributed by atoms with E-state index in [0.29, 0.717) is 6.54 Å². The van der Waals surface area contributed by atoms with Gasteiger partial charge in [0.05, 0.1) is 0 Å². The summed E-state index contributed by atoms with van der Waals surface area (Å²) in [5.74, 6) is -1.04. The fourth-order valence-electron chi connectivity index (χ4n) is 1.48. The molecule has 0 heterocycles. The molecule has 1 aromatic rings. The predicted octanol–water partition coefficient (Wildman–Crippen LogP) is 1.86. The molecule has 3 N–H and O–H groups in total. The molecule has 0 aliphatic carbocycles. The maximum atomic E-state index is 13.8. The standard InChI is InChI=1S/C11H15F2N3OS/c1-16(3-4-18-2)10-8(12)5-7(6-9(10)13)11(14)15-17/h5-6,17H,3-4H2,1-2H3,(H2,14,15). The zero-order valence-electron chi connectivity index (χ0n) is 10.2. The summed E-state index contributed by atoms with van der Waals surface area (Å²) in [5.41, 5.74) is 5.18. The second kappa shape index (κ2) is 6.44. The number of oxime groups is 1. The average molecular weight is 275 g/mol. The molecule has 0 fully saturated rings. The van der Waals surface area contributed by atoms with Crippen molar-refractivity contribution in [2.24, 2.45) is 10.9 Å². The monoisotopic (exact) mass is 275 g/mol. The number of benzene rings is 1. The van der Waals surface area contributed by atoms with Gasteiger partial charge in [0.25, 0.3) is 0 Å². The largest absolute Gasteiger partial charge is 0.409 e. The van der Waals surface area contributed by atoms with Gasteiger partial charge in [-0.15, -0.1) is 0 Å². The second-order valence-electron chi connectivity index (χ2n) is 3.69. The molecule has 0 aliphatic heterocycles. The smallest absolute Gasteiger partial charge is 0.170 e. The lowest BCUT2D eigenvalue weighted by atomic mass is 10.1. The first-order valence-electron chi connectivity index (χ1n) is 5.18. The zero-order chi connectivity index (χ0) is 13.7. The van der Waals surface area contributed by atoms with E-state index in [9.17, 15) is 8.78 Å². The van der Waals surface area contributed by atoms with Gasteiger partial charge in [0.1, 0.15) is 17.3 Å². The summed E-state index contributed by atoms with van der Waals surface area (Å²) in [5, 5.41) is 11.2. The van der Waals surface area contributed by atoms with E-state index >= 15 is 0 Å². The highest BCUT2D eigenvalue weighted by molar-refractivity contribution is 7.98. The molecule has 0 spiro atoms. The van der Waals surface area contributed by atoms with E-state index in [1.165, 1.54) is 4.90 Å². The lowest BCUT2D eigenvalue weighted by Gasteiger charge is -2.20. The summed E-state index contributed by atoms with van der Waals surface area (Å²) in [6.45, 7) is 0.526. The Morgan fingerprint density at radius 1 is 1.44 bits per heavy atom. The topological polar surface area (TPSA) is 61.8 Å². The number of amidine groups is 1.